The molecule has 4 N–H and O–H groups in total. The number of aromatic nitrogens is 4. The molecule has 180 valence electrons. The van der Waals surface area contributed by atoms with Crippen molar-refractivity contribution in [2.24, 2.45) is 0 Å². The number of hydrogen-bond donors (Lipinski definition) is 3. The maximum Gasteiger partial charge on any atom is 0.410 e. The zero-order valence-electron chi connectivity index (χ0n) is 20.2. The maximum atomic E-state index is 12.6. The highest BCUT2D eigenvalue weighted by atomic mass is 16.6. The first-order chi connectivity index (χ1) is 16.8. The second-order valence-electron chi connectivity index (χ2n) is 9.85. The molecule has 2 aromatic carbocycles. The van der Waals surface area contributed by atoms with Crippen molar-refractivity contribution < 1.29 is 9.53 Å². The number of amides is 1. The summed E-state index contributed by atoms with van der Waals surface area (Å²) in [5.41, 5.74) is 11.3. The zero-order chi connectivity index (χ0) is 24.6. The SMILES string of the molecule is CC(C)(C)OC(=O)N1CCC[C@H]1c1ncc(-c2ccc(-c3ccc(-c4cnc(N)[nH]4)cc3)cc2)[nH]1. The van der Waals surface area contributed by atoms with Gasteiger partial charge in [0.05, 0.1) is 29.8 Å². The van der Waals surface area contributed by atoms with E-state index in [1.54, 1.807) is 11.1 Å². The number of rotatable bonds is 4. The standard InChI is InChI=1S/C27H30N6O2/c1-27(2,3)35-26(34)33-14-4-5-23(33)24-29-15-21(31-24)19-10-6-17(7-11-19)18-8-12-20(13-9-18)22-16-30-25(28)32-22/h6-13,15-16,23H,4-5,14H2,1-3H3,(H,29,31)(H3,28,30,32)/t23-/m0/s1. The van der Waals surface area contributed by atoms with Crippen LogP contribution in [0.3, 0.4) is 0 Å². The Morgan fingerprint density at radius 2 is 1.46 bits per heavy atom. The summed E-state index contributed by atoms with van der Waals surface area (Å²) < 4.78 is 5.59. The van der Waals surface area contributed by atoms with Gasteiger partial charge in [0, 0.05) is 6.54 Å². The molecule has 1 aliphatic rings. The van der Waals surface area contributed by atoms with Gasteiger partial charge in [0.1, 0.15) is 11.4 Å². The number of likely N-dealkylation sites (tertiary alicyclic amines) is 1. The first kappa shape index (κ1) is 22.7. The molecule has 8 nitrogen and oxygen atoms in total. The van der Waals surface area contributed by atoms with Gasteiger partial charge in [-0.1, -0.05) is 48.5 Å². The molecule has 1 aliphatic heterocycles. The van der Waals surface area contributed by atoms with Crippen LogP contribution >= 0.6 is 0 Å². The van der Waals surface area contributed by atoms with E-state index in [-0.39, 0.29) is 12.1 Å². The molecule has 5 rings (SSSR count). The number of H-pyrrole nitrogens is 2. The van der Waals surface area contributed by atoms with Crippen LogP contribution in [0.1, 0.15) is 45.5 Å². The molecular weight excluding hydrogens is 440 g/mol. The average molecular weight is 471 g/mol. The van der Waals surface area contributed by atoms with E-state index < -0.39 is 5.60 Å². The summed E-state index contributed by atoms with van der Waals surface area (Å²) in [6, 6.07) is 16.5. The number of hydrogen-bond acceptors (Lipinski definition) is 5. The van der Waals surface area contributed by atoms with Gasteiger partial charge in [-0.15, -0.1) is 0 Å². The molecule has 8 heteroatoms. The Morgan fingerprint density at radius 1 is 0.914 bits per heavy atom. The van der Waals surface area contributed by atoms with E-state index in [0.717, 1.165) is 52.3 Å². The van der Waals surface area contributed by atoms with Gasteiger partial charge in [-0.25, -0.2) is 14.8 Å². The average Bonchev–Trinajstić information content (AvgIpc) is 3.58. The molecule has 0 spiro atoms. The van der Waals surface area contributed by atoms with E-state index in [1.807, 2.05) is 27.0 Å². The van der Waals surface area contributed by atoms with Gasteiger partial charge in [-0.2, -0.15) is 0 Å². The predicted octanol–water partition coefficient (Wildman–Crippen LogP) is 5.79. The van der Waals surface area contributed by atoms with Gasteiger partial charge in [0.25, 0.3) is 0 Å². The third-order valence-corrected chi connectivity index (χ3v) is 6.11. The summed E-state index contributed by atoms with van der Waals surface area (Å²) in [5.74, 6) is 1.20. The molecule has 1 atom stereocenters. The topological polar surface area (TPSA) is 113 Å². The molecule has 0 aliphatic carbocycles. The molecule has 0 radical (unpaired) electrons. The summed E-state index contributed by atoms with van der Waals surface area (Å²) in [7, 11) is 0. The van der Waals surface area contributed by atoms with Crippen LogP contribution in [-0.4, -0.2) is 43.1 Å². The minimum absolute atomic E-state index is 0.0957. The van der Waals surface area contributed by atoms with Crippen molar-refractivity contribution in [3.05, 3.63) is 66.7 Å². The highest BCUT2D eigenvalue weighted by molar-refractivity contribution is 5.72. The lowest BCUT2D eigenvalue weighted by atomic mass is 10.0. The quantitative estimate of drug-likeness (QED) is 0.349. The summed E-state index contributed by atoms with van der Waals surface area (Å²) in [4.78, 5) is 29.6. The summed E-state index contributed by atoms with van der Waals surface area (Å²) in [5, 5.41) is 0. The fourth-order valence-corrected chi connectivity index (χ4v) is 4.41. The molecule has 4 aromatic rings. The van der Waals surface area contributed by atoms with Gasteiger partial charge >= 0.3 is 6.09 Å². The number of carbonyl (C=O) groups is 1. The number of aromatic amines is 2. The Morgan fingerprint density at radius 3 is 2.00 bits per heavy atom. The molecule has 35 heavy (non-hydrogen) atoms. The maximum absolute atomic E-state index is 12.6. The number of benzene rings is 2. The van der Waals surface area contributed by atoms with E-state index in [9.17, 15) is 4.79 Å². The molecule has 1 saturated heterocycles. The number of ether oxygens (including phenoxy) is 1. The van der Waals surface area contributed by atoms with Crippen LogP contribution < -0.4 is 5.73 Å². The van der Waals surface area contributed by atoms with Gasteiger partial charge < -0.3 is 20.4 Å². The van der Waals surface area contributed by atoms with Crippen LogP contribution in [0.25, 0.3) is 33.6 Å². The number of carbonyl (C=O) groups excluding carboxylic acids is 1. The van der Waals surface area contributed by atoms with E-state index in [2.05, 4.69) is 68.5 Å². The summed E-state index contributed by atoms with van der Waals surface area (Å²) >= 11 is 0. The van der Waals surface area contributed by atoms with Gasteiger partial charge in [0.2, 0.25) is 0 Å². The lowest BCUT2D eigenvalue weighted by Crippen LogP contribution is -2.36. The molecule has 0 unspecified atom stereocenters. The van der Waals surface area contributed by atoms with Crippen LogP contribution in [-0.2, 0) is 4.74 Å². The number of nitrogens with one attached hydrogen (secondary N) is 2. The van der Waals surface area contributed by atoms with Crippen LogP contribution in [0.2, 0.25) is 0 Å². The number of nitrogens with zero attached hydrogens (tertiary/aromatic N) is 3. The van der Waals surface area contributed by atoms with E-state index in [1.165, 1.54) is 0 Å². The smallest absolute Gasteiger partial charge is 0.410 e. The number of anilines is 1. The molecule has 0 saturated carbocycles. The van der Waals surface area contributed by atoms with Crippen LogP contribution in [0.4, 0.5) is 10.7 Å². The Bertz CT molecular complexity index is 1310. The van der Waals surface area contributed by atoms with E-state index in [4.69, 9.17) is 10.5 Å². The minimum Gasteiger partial charge on any atom is -0.444 e. The molecule has 1 fully saturated rings. The van der Waals surface area contributed by atoms with Crippen molar-refractivity contribution in [2.75, 3.05) is 12.3 Å². The van der Waals surface area contributed by atoms with Gasteiger partial charge in [-0.3, -0.25) is 4.90 Å². The predicted molar refractivity (Wildman–Crippen MR) is 136 cm³/mol. The van der Waals surface area contributed by atoms with Crippen LogP contribution in [0.5, 0.6) is 0 Å². The second-order valence-corrected chi connectivity index (χ2v) is 9.85. The van der Waals surface area contributed by atoms with Crippen molar-refractivity contribution in [3.63, 3.8) is 0 Å². The van der Waals surface area contributed by atoms with E-state index in [0.29, 0.717) is 12.5 Å². The molecular formula is C27H30N6O2. The third-order valence-electron chi connectivity index (χ3n) is 6.11. The van der Waals surface area contributed by atoms with Crippen LogP contribution in [0, 0.1) is 0 Å². The minimum atomic E-state index is -0.520. The highest BCUT2D eigenvalue weighted by Gasteiger charge is 2.34. The fraction of sp³-hybridized carbons (Fsp3) is 0.296. The number of nitrogens with two attached hydrogens (primary N) is 1. The molecule has 1 amide bonds. The van der Waals surface area contributed by atoms with Crippen molar-refractivity contribution in [3.8, 4) is 33.6 Å². The fourth-order valence-electron chi connectivity index (χ4n) is 4.41. The normalized spacial score (nSPS) is 16.0. The van der Waals surface area contributed by atoms with Crippen molar-refractivity contribution in [1.82, 2.24) is 24.8 Å². The summed E-state index contributed by atoms with van der Waals surface area (Å²) in [6.45, 7) is 6.33. The van der Waals surface area contributed by atoms with E-state index >= 15 is 0 Å². The molecule has 0 bridgehead atoms. The van der Waals surface area contributed by atoms with Gasteiger partial charge in [0.15, 0.2) is 5.95 Å². The summed E-state index contributed by atoms with van der Waals surface area (Å²) in [6.07, 6.45) is 5.08. The van der Waals surface area contributed by atoms with Crippen molar-refractivity contribution in [2.45, 2.75) is 45.3 Å². The number of imidazole rings is 2. The first-order valence-electron chi connectivity index (χ1n) is 11.8. The largest absolute Gasteiger partial charge is 0.444 e. The van der Waals surface area contributed by atoms with Crippen LogP contribution in [0.15, 0.2) is 60.9 Å². The highest BCUT2D eigenvalue weighted by Crippen LogP contribution is 2.33. The van der Waals surface area contributed by atoms with Crippen molar-refractivity contribution in [1.29, 1.82) is 0 Å². The molecule has 3 heterocycles. The Balaban J connectivity index is 1.30. The zero-order valence-corrected chi connectivity index (χ0v) is 20.2. The number of nitrogen functional groups attached to an aromatic ring is 1. The van der Waals surface area contributed by atoms with Gasteiger partial charge in [-0.05, 0) is 55.9 Å². The second kappa shape index (κ2) is 8.94. The first-order valence-corrected chi connectivity index (χ1v) is 11.8. The third kappa shape index (κ3) is 4.91. The lowest BCUT2D eigenvalue weighted by Gasteiger charge is -2.27. The Kier molecular flexibility index (Phi) is 5.80. The lowest BCUT2D eigenvalue weighted by molar-refractivity contribution is 0.0218. The molecule has 2 aromatic heterocycles. The van der Waals surface area contributed by atoms with Crippen molar-refractivity contribution >= 4 is 12.0 Å². The Labute approximate surface area is 204 Å². The Hall–Kier alpha value is -4.07. The monoisotopic (exact) mass is 470 g/mol.